The summed E-state index contributed by atoms with van der Waals surface area (Å²) in [6, 6.07) is 14.8. The van der Waals surface area contributed by atoms with Gasteiger partial charge in [-0.25, -0.2) is 0 Å². The number of fused-ring (bicyclic) bond motifs is 1. The summed E-state index contributed by atoms with van der Waals surface area (Å²) in [7, 11) is 0. The average Bonchev–Trinajstić information content (AvgIpc) is 2.46. The first-order valence-electron chi connectivity index (χ1n) is 6.63. The highest BCUT2D eigenvalue weighted by molar-refractivity contribution is 7.99. The molecule has 2 atom stereocenters. The highest BCUT2D eigenvalue weighted by Crippen LogP contribution is 2.22. The first-order chi connectivity index (χ1) is 9.20. The van der Waals surface area contributed by atoms with Crippen LogP contribution in [-0.4, -0.2) is 23.2 Å². The maximum absolute atomic E-state index is 8.99. The first-order valence-corrected chi connectivity index (χ1v) is 7.79. The van der Waals surface area contributed by atoms with Gasteiger partial charge in [0.05, 0.1) is 0 Å². The predicted molar refractivity (Wildman–Crippen MR) is 84.5 cm³/mol. The molecule has 0 bridgehead atoms. The summed E-state index contributed by atoms with van der Waals surface area (Å²) in [5.74, 6) is 2.19. The van der Waals surface area contributed by atoms with Gasteiger partial charge in [-0.2, -0.15) is 11.8 Å². The molecule has 2 rings (SSSR count). The Hall–Kier alpha value is -1.03. The van der Waals surface area contributed by atoms with E-state index in [0.29, 0.717) is 5.92 Å². The van der Waals surface area contributed by atoms with Gasteiger partial charge < -0.3 is 10.8 Å². The third-order valence-corrected chi connectivity index (χ3v) is 4.61. The Morgan fingerprint density at radius 1 is 1.11 bits per heavy atom. The second-order valence-electron chi connectivity index (χ2n) is 5.04. The van der Waals surface area contributed by atoms with Crippen LogP contribution in [0.4, 0.5) is 0 Å². The fourth-order valence-electron chi connectivity index (χ4n) is 1.98. The van der Waals surface area contributed by atoms with Gasteiger partial charge in [-0.3, -0.25) is 0 Å². The zero-order chi connectivity index (χ0) is 13.7. The van der Waals surface area contributed by atoms with E-state index in [0.717, 1.165) is 11.5 Å². The highest BCUT2D eigenvalue weighted by atomic mass is 32.2. The van der Waals surface area contributed by atoms with Crippen LogP contribution in [0.5, 0.6) is 0 Å². The van der Waals surface area contributed by atoms with E-state index in [2.05, 4.69) is 43.3 Å². The van der Waals surface area contributed by atoms with Gasteiger partial charge in [0.15, 0.2) is 0 Å². The van der Waals surface area contributed by atoms with Gasteiger partial charge in [0.2, 0.25) is 0 Å². The molecule has 0 heterocycles. The summed E-state index contributed by atoms with van der Waals surface area (Å²) in [5, 5.41) is 11.5. The Balaban J connectivity index is 1.99. The molecule has 2 unspecified atom stereocenters. The molecule has 0 aliphatic carbocycles. The van der Waals surface area contributed by atoms with Crippen LogP contribution in [0.15, 0.2) is 42.5 Å². The summed E-state index contributed by atoms with van der Waals surface area (Å²) in [6.07, 6.45) is 0. The van der Waals surface area contributed by atoms with Crippen LogP contribution in [0.2, 0.25) is 0 Å². The van der Waals surface area contributed by atoms with Gasteiger partial charge >= 0.3 is 0 Å². The Morgan fingerprint density at radius 3 is 2.58 bits per heavy atom. The summed E-state index contributed by atoms with van der Waals surface area (Å²) in [4.78, 5) is 0. The Morgan fingerprint density at radius 2 is 1.84 bits per heavy atom. The van der Waals surface area contributed by atoms with E-state index >= 15 is 0 Å². The SMILES string of the molecule is CC(CO)CSCC(N)c1ccc2ccccc2c1. The minimum absolute atomic E-state index is 0.0560. The standard InChI is InChI=1S/C16H21NOS/c1-12(9-18)10-19-11-16(17)15-7-6-13-4-2-3-5-14(13)8-15/h2-8,12,16,18H,9-11,17H2,1H3. The van der Waals surface area contributed by atoms with Crippen LogP contribution in [0.3, 0.4) is 0 Å². The average molecular weight is 275 g/mol. The number of aliphatic hydroxyl groups excluding tert-OH is 1. The van der Waals surface area contributed by atoms with Crippen LogP contribution >= 0.6 is 11.8 Å². The predicted octanol–water partition coefficient (Wildman–Crippen LogP) is 3.20. The number of thioether (sulfide) groups is 1. The maximum atomic E-state index is 8.99. The minimum Gasteiger partial charge on any atom is -0.396 e. The van der Waals surface area contributed by atoms with E-state index in [1.54, 1.807) is 0 Å². The normalized spacial score (nSPS) is 14.5. The van der Waals surface area contributed by atoms with Crippen LogP contribution in [-0.2, 0) is 0 Å². The van der Waals surface area contributed by atoms with Crippen molar-refractivity contribution >= 4 is 22.5 Å². The van der Waals surface area contributed by atoms with E-state index in [9.17, 15) is 0 Å². The molecule has 0 saturated heterocycles. The fraction of sp³-hybridized carbons (Fsp3) is 0.375. The number of rotatable bonds is 6. The molecule has 0 radical (unpaired) electrons. The lowest BCUT2D eigenvalue weighted by Gasteiger charge is -2.14. The molecule has 2 aromatic carbocycles. The molecule has 0 aromatic heterocycles. The number of nitrogens with two attached hydrogens (primary N) is 1. The lowest BCUT2D eigenvalue weighted by Crippen LogP contribution is -2.14. The summed E-state index contributed by atoms with van der Waals surface area (Å²) >= 11 is 1.81. The number of benzene rings is 2. The monoisotopic (exact) mass is 275 g/mol. The van der Waals surface area contributed by atoms with Crippen LogP contribution in [0, 0.1) is 5.92 Å². The van der Waals surface area contributed by atoms with Gasteiger partial charge in [0.25, 0.3) is 0 Å². The van der Waals surface area contributed by atoms with Gasteiger partial charge in [-0.1, -0.05) is 43.3 Å². The molecule has 0 spiro atoms. The van der Waals surface area contributed by atoms with Crippen LogP contribution < -0.4 is 5.73 Å². The molecule has 0 amide bonds. The Labute approximate surface area is 119 Å². The van der Waals surface area contributed by atoms with Crippen molar-refractivity contribution in [1.29, 1.82) is 0 Å². The smallest absolute Gasteiger partial charge is 0.0464 e. The van der Waals surface area contributed by atoms with E-state index < -0.39 is 0 Å². The van der Waals surface area contributed by atoms with Gasteiger partial charge in [-0.15, -0.1) is 0 Å². The topological polar surface area (TPSA) is 46.2 Å². The summed E-state index contributed by atoms with van der Waals surface area (Å²) in [5.41, 5.74) is 7.41. The lowest BCUT2D eigenvalue weighted by molar-refractivity contribution is 0.250. The van der Waals surface area contributed by atoms with Crippen LogP contribution in [0.25, 0.3) is 10.8 Å². The summed E-state index contributed by atoms with van der Waals surface area (Å²) in [6.45, 7) is 2.30. The van der Waals surface area contributed by atoms with Gasteiger partial charge in [0, 0.05) is 18.4 Å². The molecule has 3 heteroatoms. The van der Waals surface area contributed by atoms with Gasteiger partial charge in [-0.05, 0) is 34.1 Å². The fourth-order valence-corrected chi connectivity index (χ4v) is 3.07. The number of hydrogen-bond acceptors (Lipinski definition) is 3. The third-order valence-electron chi connectivity index (χ3n) is 3.21. The van der Waals surface area contributed by atoms with Crippen molar-refractivity contribution in [3.63, 3.8) is 0 Å². The molecular weight excluding hydrogens is 254 g/mol. The number of hydrogen-bond donors (Lipinski definition) is 2. The number of aliphatic hydroxyl groups is 1. The van der Waals surface area contributed by atoms with Crippen molar-refractivity contribution in [2.24, 2.45) is 11.7 Å². The van der Waals surface area contributed by atoms with Gasteiger partial charge in [0.1, 0.15) is 0 Å². The van der Waals surface area contributed by atoms with Crippen molar-refractivity contribution in [1.82, 2.24) is 0 Å². The lowest BCUT2D eigenvalue weighted by atomic mass is 10.0. The van der Waals surface area contributed by atoms with Crippen LogP contribution in [0.1, 0.15) is 18.5 Å². The molecule has 0 fully saturated rings. The highest BCUT2D eigenvalue weighted by Gasteiger charge is 2.08. The molecule has 102 valence electrons. The molecule has 0 aliphatic rings. The van der Waals surface area contributed by atoms with Crippen molar-refractivity contribution in [2.75, 3.05) is 18.1 Å². The maximum Gasteiger partial charge on any atom is 0.0464 e. The first kappa shape index (κ1) is 14.4. The molecule has 3 N–H and O–H groups in total. The quantitative estimate of drug-likeness (QED) is 0.851. The molecule has 0 saturated carbocycles. The largest absolute Gasteiger partial charge is 0.396 e. The molecule has 19 heavy (non-hydrogen) atoms. The Kier molecular flexibility index (Phi) is 5.25. The molecular formula is C16H21NOS. The van der Waals surface area contributed by atoms with Crippen molar-refractivity contribution in [3.05, 3.63) is 48.0 Å². The van der Waals surface area contributed by atoms with Crippen molar-refractivity contribution in [3.8, 4) is 0 Å². The van der Waals surface area contributed by atoms with Crippen molar-refractivity contribution < 1.29 is 5.11 Å². The van der Waals surface area contributed by atoms with E-state index in [1.165, 1.54) is 16.3 Å². The second kappa shape index (κ2) is 6.94. The minimum atomic E-state index is 0.0560. The van der Waals surface area contributed by atoms with E-state index in [1.807, 2.05) is 17.8 Å². The third kappa shape index (κ3) is 3.96. The van der Waals surface area contributed by atoms with Crippen molar-refractivity contribution in [2.45, 2.75) is 13.0 Å². The zero-order valence-corrected chi connectivity index (χ0v) is 12.1. The zero-order valence-electron chi connectivity index (χ0n) is 11.3. The second-order valence-corrected chi connectivity index (χ2v) is 6.11. The molecule has 0 aliphatic heterocycles. The Bertz CT molecular complexity index is 529. The van der Waals surface area contributed by atoms with E-state index in [-0.39, 0.29) is 12.6 Å². The molecule has 2 aromatic rings. The molecule has 2 nitrogen and oxygen atoms in total. The van der Waals surface area contributed by atoms with E-state index in [4.69, 9.17) is 10.8 Å². The summed E-state index contributed by atoms with van der Waals surface area (Å²) < 4.78 is 0.